The molecular formula is C11H14BrN3O2. The fourth-order valence-electron chi connectivity index (χ4n) is 1.22. The molecular weight excluding hydrogens is 286 g/mol. The van der Waals surface area contributed by atoms with Gasteiger partial charge in [-0.15, -0.1) is 0 Å². The van der Waals surface area contributed by atoms with E-state index in [0.29, 0.717) is 25.1 Å². The Labute approximate surface area is 108 Å². The van der Waals surface area contributed by atoms with Gasteiger partial charge in [0.15, 0.2) is 0 Å². The molecule has 0 fully saturated rings. The van der Waals surface area contributed by atoms with Gasteiger partial charge in [0.05, 0.1) is 11.9 Å². The normalized spacial score (nSPS) is 9.76. The number of aromatic nitrogens is 1. The van der Waals surface area contributed by atoms with Crippen LogP contribution in [0.15, 0.2) is 22.9 Å². The van der Waals surface area contributed by atoms with E-state index in [1.807, 2.05) is 0 Å². The summed E-state index contributed by atoms with van der Waals surface area (Å²) in [5.74, 6) is -0.170. The summed E-state index contributed by atoms with van der Waals surface area (Å²) in [4.78, 5) is 26.0. The van der Waals surface area contributed by atoms with Crippen molar-refractivity contribution in [3.8, 4) is 0 Å². The van der Waals surface area contributed by atoms with Crippen LogP contribution in [0.25, 0.3) is 0 Å². The van der Waals surface area contributed by atoms with Gasteiger partial charge in [-0.2, -0.15) is 0 Å². The number of hydrogen-bond donors (Lipinski definition) is 2. The highest BCUT2D eigenvalue weighted by atomic mass is 79.9. The summed E-state index contributed by atoms with van der Waals surface area (Å²) in [5, 5.41) is 5.36. The molecule has 17 heavy (non-hydrogen) atoms. The molecule has 0 aliphatic carbocycles. The molecule has 0 aliphatic rings. The van der Waals surface area contributed by atoms with Crippen LogP contribution in [0.5, 0.6) is 0 Å². The molecule has 0 radical (unpaired) electrons. The van der Waals surface area contributed by atoms with Gasteiger partial charge in [0.2, 0.25) is 11.8 Å². The lowest BCUT2D eigenvalue weighted by molar-refractivity contribution is -0.119. The van der Waals surface area contributed by atoms with Gasteiger partial charge >= 0.3 is 0 Å². The van der Waals surface area contributed by atoms with Crippen LogP contribution in [0, 0.1) is 0 Å². The second-order valence-electron chi connectivity index (χ2n) is 3.53. The minimum absolute atomic E-state index is 0.0819. The van der Waals surface area contributed by atoms with Crippen molar-refractivity contribution in [3.05, 3.63) is 22.9 Å². The fourth-order valence-corrected chi connectivity index (χ4v) is 1.58. The third-order valence-electron chi connectivity index (χ3n) is 1.94. The number of carbonyl (C=O) groups is 2. The molecule has 0 saturated carbocycles. The number of pyridine rings is 1. The Hall–Kier alpha value is -1.43. The SMILES string of the molecule is CC(=O)NCCCC(=O)Nc1cncc(Br)c1. The van der Waals surface area contributed by atoms with Crippen molar-refractivity contribution in [2.75, 3.05) is 11.9 Å². The van der Waals surface area contributed by atoms with E-state index >= 15 is 0 Å². The summed E-state index contributed by atoms with van der Waals surface area (Å²) in [6, 6.07) is 1.78. The van der Waals surface area contributed by atoms with Crippen molar-refractivity contribution < 1.29 is 9.59 Å². The summed E-state index contributed by atoms with van der Waals surface area (Å²) < 4.78 is 0.813. The van der Waals surface area contributed by atoms with Crippen LogP contribution in [-0.2, 0) is 9.59 Å². The molecule has 1 heterocycles. The number of nitrogens with one attached hydrogen (secondary N) is 2. The van der Waals surface area contributed by atoms with Crippen molar-refractivity contribution in [2.45, 2.75) is 19.8 Å². The zero-order valence-corrected chi connectivity index (χ0v) is 11.1. The molecule has 2 N–H and O–H groups in total. The van der Waals surface area contributed by atoms with Gasteiger partial charge in [-0.25, -0.2) is 0 Å². The predicted molar refractivity (Wildman–Crippen MR) is 68.5 cm³/mol. The van der Waals surface area contributed by atoms with E-state index in [4.69, 9.17) is 0 Å². The predicted octanol–water partition coefficient (Wildman–Crippen LogP) is 1.70. The van der Waals surface area contributed by atoms with Crippen molar-refractivity contribution in [1.82, 2.24) is 10.3 Å². The maximum absolute atomic E-state index is 11.5. The highest BCUT2D eigenvalue weighted by Gasteiger charge is 2.03. The first-order chi connectivity index (χ1) is 8.08. The first-order valence-corrected chi connectivity index (χ1v) is 6.02. The lowest BCUT2D eigenvalue weighted by atomic mass is 10.3. The first-order valence-electron chi connectivity index (χ1n) is 5.23. The highest BCUT2D eigenvalue weighted by molar-refractivity contribution is 9.10. The topological polar surface area (TPSA) is 71.1 Å². The third-order valence-corrected chi connectivity index (χ3v) is 2.38. The van der Waals surface area contributed by atoms with Gasteiger partial charge < -0.3 is 10.6 Å². The van der Waals surface area contributed by atoms with Crippen LogP contribution in [0.2, 0.25) is 0 Å². The molecule has 5 nitrogen and oxygen atoms in total. The average Bonchev–Trinajstić information content (AvgIpc) is 2.24. The van der Waals surface area contributed by atoms with Crippen LogP contribution in [0.1, 0.15) is 19.8 Å². The maximum Gasteiger partial charge on any atom is 0.224 e. The molecule has 92 valence electrons. The van der Waals surface area contributed by atoms with Crippen molar-refractivity contribution in [2.24, 2.45) is 0 Å². The molecule has 0 unspecified atom stereocenters. The molecule has 1 aromatic rings. The summed E-state index contributed by atoms with van der Waals surface area (Å²) in [7, 11) is 0. The minimum atomic E-state index is -0.0877. The van der Waals surface area contributed by atoms with Crippen LogP contribution in [0.3, 0.4) is 0 Å². The molecule has 0 saturated heterocycles. The van der Waals surface area contributed by atoms with Gasteiger partial charge in [-0.05, 0) is 28.4 Å². The maximum atomic E-state index is 11.5. The summed E-state index contributed by atoms with van der Waals surface area (Å²) >= 11 is 3.27. The number of rotatable bonds is 5. The fraction of sp³-hybridized carbons (Fsp3) is 0.364. The van der Waals surface area contributed by atoms with E-state index in [9.17, 15) is 9.59 Å². The van der Waals surface area contributed by atoms with E-state index in [1.165, 1.54) is 6.92 Å². The van der Waals surface area contributed by atoms with E-state index in [2.05, 4.69) is 31.5 Å². The second kappa shape index (κ2) is 7.01. The molecule has 0 aliphatic heterocycles. The van der Waals surface area contributed by atoms with E-state index in [0.717, 1.165) is 4.47 Å². The number of amides is 2. The number of hydrogen-bond acceptors (Lipinski definition) is 3. The number of anilines is 1. The molecule has 1 aromatic heterocycles. The Morgan fingerprint density at radius 1 is 1.41 bits per heavy atom. The molecule has 6 heteroatoms. The molecule has 0 spiro atoms. The Morgan fingerprint density at radius 3 is 2.82 bits per heavy atom. The Bertz CT molecular complexity index is 409. The summed E-state index contributed by atoms with van der Waals surface area (Å²) in [5.41, 5.74) is 0.656. The van der Waals surface area contributed by atoms with E-state index in [1.54, 1.807) is 18.5 Å². The number of carbonyl (C=O) groups excluding carboxylic acids is 2. The van der Waals surface area contributed by atoms with Crippen LogP contribution < -0.4 is 10.6 Å². The van der Waals surface area contributed by atoms with Gasteiger partial charge in [0, 0.05) is 30.6 Å². The Balaban J connectivity index is 2.27. The molecule has 2 amide bonds. The highest BCUT2D eigenvalue weighted by Crippen LogP contribution is 2.13. The minimum Gasteiger partial charge on any atom is -0.356 e. The lowest BCUT2D eigenvalue weighted by Crippen LogP contribution is -2.22. The van der Waals surface area contributed by atoms with Crippen molar-refractivity contribution >= 4 is 33.4 Å². The van der Waals surface area contributed by atoms with Crippen LogP contribution in [0.4, 0.5) is 5.69 Å². The largest absolute Gasteiger partial charge is 0.356 e. The smallest absolute Gasteiger partial charge is 0.224 e. The zero-order chi connectivity index (χ0) is 12.7. The zero-order valence-electron chi connectivity index (χ0n) is 9.50. The third kappa shape index (κ3) is 6.01. The Morgan fingerprint density at radius 2 is 2.18 bits per heavy atom. The first kappa shape index (κ1) is 13.6. The molecule has 0 bridgehead atoms. The molecule has 0 aromatic carbocycles. The van der Waals surface area contributed by atoms with Gasteiger partial charge in [0.25, 0.3) is 0 Å². The molecule has 1 rings (SSSR count). The van der Waals surface area contributed by atoms with Crippen LogP contribution in [-0.4, -0.2) is 23.3 Å². The molecule has 0 atom stereocenters. The van der Waals surface area contributed by atoms with Crippen molar-refractivity contribution in [3.63, 3.8) is 0 Å². The Kier molecular flexibility index (Phi) is 5.62. The average molecular weight is 300 g/mol. The second-order valence-corrected chi connectivity index (χ2v) is 4.44. The van der Waals surface area contributed by atoms with Gasteiger partial charge in [-0.3, -0.25) is 14.6 Å². The van der Waals surface area contributed by atoms with Crippen LogP contribution >= 0.6 is 15.9 Å². The number of nitrogens with zero attached hydrogens (tertiary/aromatic N) is 1. The van der Waals surface area contributed by atoms with E-state index < -0.39 is 0 Å². The summed E-state index contributed by atoms with van der Waals surface area (Å²) in [6.45, 7) is 1.97. The van der Waals surface area contributed by atoms with Gasteiger partial charge in [0.1, 0.15) is 0 Å². The lowest BCUT2D eigenvalue weighted by Gasteiger charge is -2.05. The quantitative estimate of drug-likeness (QED) is 0.813. The number of halogens is 1. The monoisotopic (exact) mass is 299 g/mol. The van der Waals surface area contributed by atoms with Gasteiger partial charge in [-0.1, -0.05) is 0 Å². The standard InChI is InChI=1S/C11H14BrN3O2/c1-8(16)14-4-2-3-11(17)15-10-5-9(12)6-13-7-10/h5-7H,2-4H2,1H3,(H,14,16)(H,15,17). The van der Waals surface area contributed by atoms with Crippen molar-refractivity contribution in [1.29, 1.82) is 0 Å². The summed E-state index contributed by atoms with van der Waals surface area (Å²) in [6.07, 6.45) is 4.21. The van der Waals surface area contributed by atoms with E-state index in [-0.39, 0.29) is 11.8 Å².